The molecule has 7 nitrogen and oxygen atoms in total. The zero-order valence-electron chi connectivity index (χ0n) is 22.3. The summed E-state index contributed by atoms with van der Waals surface area (Å²) in [5.41, 5.74) is -1.03. The van der Waals surface area contributed by atoms with E-state index in [4.69, 9.17) is 14.2 Å². The lowest BCUT2D eigenvalue weighted by molar-refractivity contribution is -0.128. The van der Waals surface area contributed by atoms with Crippen LogP contribution in [0.2, 0.25) is 0 Å². The lowest BCUT2D eigenvalue weighted by atomic mass is 9.76. The van der Waals surface area contributed by atoms with Crippen molar-refractivity contribution in [1.29, 1.82) is 0 Å². The summed E-state index contributed by atoms with van der Waals surface area (Å²) >= 11 is 0. The first-order chi connectivity index (χ1) is 18.3. The summed E-state index contributed by atoms with van der Waals surface area (Å²) in [6.07, 6.45) is 6.02. The number of benzene rings is 1. The predicted octanol–water partition coefficient (Wildman–Crippen LogP) is 4.09. The van der Waals surface area contributed by atoms with E-state index in [0.29, 0.717) is 84.3 Å². The zero-order valence-corrected chi connectivity index (χ0v) is 22.3. The monoisotopic (exact) mass is 532 g/mol. The number of ketones is 2. The van der Waals surface area contributed by atoms with Gasteiger partial charge in [-0.15, -0.1) is 0 Å². The summed E-state index contributed by atoms with van der Waals surface area (Å²) in [5.74, 6) is -1.49. The Balaban J connectivity index is 1.38. The van der Waals surface area contributed by atoms with Gasteiger partial charge in [-0.1, -0.05) is 18.2 Å². The van der Waals surface area contributed by atoms with Crippen LogP contribution < -0.4 is 0 Å². The SMILES string of the molecule is CCOC1=CC=CCC1(C)C(=O)CCN1CCOC(c2ccc(F)c(C(=O)CCN3CCOCC3)c2F)C1. The molecule has 0 amide bonds. The van der Waals surface area contributed by atoms with Crippen molar-refractivity contribution >= 4 is 11.6 Å². The molecule has 3 aliphatic rings. The molecule has 1 aromatic rings. The smallest absolute Gasteiger partial charge is 0.170 e. The molecule has 0 radical (unpaired) electrons. The molecule has 208 valence electrons. The van der Waals surface area contributed by atoms with Crippen LogP contribution in [-0.2, 0) is 19.0 Å². The van der Waals surface area contributed by atoms with Gasteiger partial charge in [0.2, 0.25) is 0 Å². The van der Waals surface area contributed by atoms with Crippen molar-refractivity contribution in [3.05, 3.63) is 58.9 Å². The highest BCUT2D eigenvalue weighted by atomic mass is 19.1. The quantitative estimate of drug-likeness (QED) is 0.398. The van der Waals surface area contributed by atoms with Crippen molar-refractivity contribution in [3.8, 4) is 0 Å². The van der Waals surface area contributed by atoms with Crippen LogP contribution in [0.3, 0.4) is 0 Å². The minimum atomic E-state index is -0.857. The number of morpholine rings is 2. The minimum absolute atomic E-state index is 0.0309. The van der Waals surface area contributed by atoms with Gasteiger partial charge in [-0.05, 0) is 32.4 Å². The second kappa shape index (κ2) is 13.1. The largest absolute Gasteiger partial charge is 0.497 e. The van der Waals surface area contributed by atoms with E-state index in [1.165, 1.54) is 6.07 Å². The molecule has 0 N–H and O–H groups in total. The van der Waals surface area contributed by atoms with E-state index < -0.39 is 34.5 Å². The van der Waals surface area contributed by atoms with Crippen molar-refractivity contribution in [3.63, 3.8) is 0 Å². The molecule has 0 spiro atoms. The van der Waals surface area contributed by atoms with Gasteiger partial charge in [0.1, 0.15) is 23.2 Å². The van der Waals surface area contributed by atoms with Gasteiger partial charge in [-0.2, -0.15) is 0 Å². The van der Waals surface area contributed by atoms with Crippen LogP contribution in [0.1, 0.15) is 55.1 Å². The molecule has 2 heterocycles. The van der Waals surface area contributed by atoms with E-state index in [1.807, 2.05) is 32.1 Å². The Morgan fingerprint density at radius 3 is 2.58 bits per heavy atom. The van der Waals surface area contributed by atoms with Gasteiger partial charge in [0.25, 0.3) is 0 Å². The summed E-state index contributed by atoms with van der Waals surface area (Å²) < 4.78 is 47.0. The molecule has 2 fully saturated rings. The molecule has 1 aromatic carbocycles. The first kappa shape index (κ1) is 28.5. The van der Waals surface area contributed by atoms with E-state index >= 15 is 4.39 Å². The van der Waals surface area contributed by atoms with E-state index in [1.54, 1.807) is 0 Å². The Labute approximate surface area is 223 Å². The summed E-state index contributed by atoms with van der Waals surface area (Å²) in [6, 6.07) is 2.50. The van der Waals surface area contributed by atoms with Gasteiger partial charge >= 0.3 is 0 Å². The Kier molecular flexibility index (Phi) is 9.81. The number of Topliss-reactive ketones (excluding diaryl/α,β-unsaturated/α-hetero) is 2. The van der Waals surface area contributed by atoms with Gasteiger partial charge in [0.05, 0.1) is 43.5 Å². The third-order valence-corrected chi connectivity index (χ3v) is 7.68. The number of ether oxygens (including phenoxy) is 3. The van der Waals surface area contributed by atoms with Crippen LogP contribution >= 0.6 is 0 Å². The average Bonchev–Trinajstić information content (AvgIpc) is 2.93. The third-order valence-electron chi connectivity index (χ3n) is 7.68. The molecule has 0 saturated carbocycles. The zero-order chi connectivity index (χ0) is 27.1. The van der Waals surface area contributed by atoms with E-state index in [2.05, 4.69) is 9.80 Å². The van der Waals surface area contributed by atoms with E-state index in [9.17, 15) is 14.0 Å². The topological polar surface area (TPSA) is 68.3 Å². The Morgan fingerprint density at radius 2 is 1.82 bits per heavy atom. The number of rotatable bonds is 11. The molecule has 2 aliphatic heterocycles. The van der Waals surface area contributed by atoms with E-state index in [0.717, 1.165) is 6.07 Å². The summed E-state index contributed by atoms with van der Waals surface area (Å²) in [5, 5.41) is 0. The summed E-state index contributed by atoms with van der Waals surface area (Å²) in [6.45, 7) is 9.11. The molecule has 2 atom stereocenters. The fraction of sp³-hybridized carbons (Fsp3) is 0.586. The van der Waals surface area contributed by atoms with Crippen LogP contribution in [0.25, 0.3) is 0 Å². The number of allylic oxidation sites excluding steroid dienone is 4. The number of halogens is 2. The molecule has 2 unspecified atom stereocenters. The Hall–Kier alpha value is -2.46. The van der Waals surface area contributed by atoms with Crippen molar-refractivity contribution in [1.82, 2.24) is 9.80 Å². The molecular weight excluding hydrogens is 494 g/mol. The fourth-order valence-electron chi connectivity index (χ4n) is 5.27. The molecular formula is C29H38F2N2O5. The standard InChI is InChI=1S/C29H38F2N2O5/c1-3-37-26-6-4-5-11-29(26,2)25(35)10-13-33-16-19-38-24(20-33)21-7-8-22(30)27(28(21)31)23(34)9-12-32-14-17-36-18-15-32/h4-8,24H,3,9-20H2,1-2H3. The van der Waals surface area contributed by atoms with E-state index in [-0.39, 0.29) is 17.8 Å². The maximum atomic E-state index is 15.5. The lowest BCUT2D eigenvalue weighted by Crippen LogP contribution is -2.41. The Morgan fingerprint density at radius 1 is 1.08 bits per heavy atom. The molecule has 4 rings (SSSR count). The average molecular weight is 533 g/mol. The summed E-state index contributed by atoms with van der Waals surface area (Å²) in [4.78, 5) is 30.2. The van der Waals surface area contributed by atoms with Gasteiger partial charge in [0, 0.05) is 57.7 Å². The normalized spacial score (nSPS) is 24.7. The highest BCUT2D eigenvalue weighted by Gasteiger charge is 2.38. The summed E-state index contributed by atoms with van der Waals surface area (Å²) in [7, 11) is 0. The number of carbonyl (C=O) groups is 2. The number of hydrogen-bond acceptors (Lipinski definition) is 7. The van der Waals surface area contributed by atoms with Crippen molar-refractivity contribution in [2.24, 2.45) is 5.41 Å². The van der Waals surface area contributed by atoms with Crippen LogP contribution in [0.15, 0.2) is 36.1 Å². The molecule has 2 saturated heterocycles. The number of hydrogen-bond donors (Lipinski definition) is 0. The Bertz CT molecular complexity index is 1070. The molecule has 38 heavy (non-hydrogen) atoms. The third kappa shape index (κ3) is 6.57. The highest BCUT2D eigenvalue weighted by molar-refractivity contribution is 5.97. The maximum absolute atomic E-state index is 15.5. The van der Waals surface area contributed by atoms with Crippen molar-refractivity contribution in [2.45, 2.75) is 39.2 Å². The van der Waals surface area contributed by atoms with Crippen LogP contribution in [0.4, 0.5) is 8.78 Å². The lowest BCUT2D eigenvalue weighted by Gasteiger charge is -2.35. The highest BCUT2D eigenvalue weighted by Crippen LogP contribution is 2.37. The van der Waals surface area contributed by atoms with Crippen molar-refractivity contribution in [2.75, 3.05) is 65.7 Å². The molecule has 0 aromatic heterocycles. The molecule has 9 heteroatoms. The molecule has 0 bridgehead atoms. The van der Waals surface area contributed by atoms with Gasteiger partial charge in [-0.25, -0.2) is 8.78 Å². The minimum Gasteiger partial charge on any atom is -0.497 e. The number of nitrogens with zero attached hydrogens (tertiary/aromatic N) is 2. The first-order valence-electron chi connectivity index (χ1n) is 13.5. The van der Waals surface area contributed by atoms with Crippen LogP contribution in [-0.4, -0.2) is 87.1 Å². The van der Waals surface area contributed by atoms with Gasteiger partial charge in [-0.3, -0.25) is 19.4 Å². The second-order valence-corrected chi connectivity index (χ2v) is 10.2. The second-order valence-electron chi connectivity index (χ2n) is 10.2. The molecule has 1 aliphatic carbocycles. The van der Waals surface area contributed by atoms with Crippen molar-refractivity contribution < 1.29 is 32.6 Å². The van der Waals surface area contributed by atoms with Crippen LogP contribution in [0.5, 0.6) is 0 Å². The van der Waals surface area contributed by atoms with Gasteiger partial charge in [0.15, 0.2) is 5.78 Å². The van der Waals surface area contributed by atoms with Crippen LogP contribution in [0, 0.1) is 17.0 Å². The van der Waals surface area contributed by atoms with Gasteiger partial charge < -0.3 is 14.2 Å². The predicted molar refractivity (Wildman–Crippen MR) is 139 cm³/mol. The number of carbonyl (C=O) groups excluding carboxylic acids is 2. The first-order valence-corrected chi connectivity index (χ1v) is 13.5. The maximum Gasteiger partial charge on any atom is 0.170 e. The fourth-order valence-corrected chi connectivity index (χ4v) is 5.27.